The topological polar surface area (TPSA) is 98.7 Å². The fourth-order valence-corrected chi connectivity index (χ4v) is 3.58. The monoisotopic (exact) mass is 395 g/mol. The highest BCUT2D eigenvalue weighted by Gasteiger charge is 2.31. The highest BCUT2D eigenvalue weighted by Crippen LogP contribution is 2.38. The van der Waals surface area contributed by atoms with Crippen molar-refractivity contribution in [3.8, 4) is 0 Å². The van der Waals surface area contributed by atoms with Gasteiger partial charge in [0.05, 0.1) is 12.1 Å². The third-order valence-electron chi connectivity index (χ3n) is 5.15. The second-order valence-electron chi connectivity index (χ2n) is 7.05. The van der Waals surface area contributed by atoms with Crippen molar-refractivity contribution in [2.45, 2.75) is 39.0 Å². The van der Waals surface area contributed by atoms with E-state index in [2.05, 4.69) is 10.6 Å². The summed E-state index contributed by atoms with van der Waals surface area (Å²) in [5.41, 5.74) is 2.82. The maximum absolute atomic E-state index is 12.5. The summed E-state index contributed by atoms with van der Waals surface area (Å²) in [6.45, 7) is 4.25. The minimum Gasteiger partial charge on any atom is -0.388 e. The fraction of sp³-hybridized carbons (Fsp3) is 0.318. The second-order valence-corrected chi connectivity index (χ2v) is 7.05. The molecule has 2 unspecified atom stereocenters. The van der Waals surface area contributed by atoms with E-state index < -0.39 is 24.0 Å². The lowest BCUT2D eigenvalue weighted by molar-refractivity contribution is -0.136. The smallest absolute Gasteiger partial charge is 0.313 e. The molecule has 0 bridgehead atoms. The summed E-state index contributed by atoms with van der Waals surface area (Å²) in [5.74, 6) is -1.63. The van der Waals surface area contributed by atoms with E-state index in [4.69, 9.17) is 0 Å². The summed E-state index contributed by atoms with van der Waals surface area (Å²) < 4.78 is 0. The van der Waals surface area contributed by atoms with Gasteiger partial charge in [-0.2, -0.15) is 0 Å². The number of carbonyl (C=O) groups excluding carboxylic acids is 3. The summed E-state index contributed by atoms with van der Waals surface area (Å²) in [7, 11) is 0. The van der Waals surface area contributed by atoms with Gasteiger partial charge in [0.25, 0.3) is 0 Å². The lowest BCUT2D eigenvalue weighted by Gasteiger charge is -2.21. The number of para-hydroxylation sites is 1. The molecule has 0 saturated heterocycles. The Kier molecular flexibility index (Phi) is 6.29. The van der Waals surface area contributed by atoms with E-state index >= 15 is 0 Å². The first-order chi connectivity index (χ1) is 13.9. The van der Waals surface area contributed by atoms with Gasteiger partial charge in [-0.3, -0.25) is 14.4 Å². The summed E-state index contributed by atoms with van der Waals surface area (Å²) >= 11 is 0. The van der Waals surface area contributed by atoms with Gasteiger partial charge in [0, 0.05) is 32.1 Å². The molecule has 3 amide bonds. The molecular formula is C22H25N3O4. The average molecular weight is 395 g/mol. The number of rotatable bonds is 5. The Labute approximate surface area is 169 Å². The molecule has 7 heteroatoms. The molecule has 0 fully saturated rings. The lowest BCUT2D eigenvalue weighted by atomic mass is 10.1. The van der Waals surface area contributed by atoms with E-state index in [1.165, 1.54) is 6.92 Å². The highest BCUT2D eigenvalue weighted by molar-refractivity contribution is 6.39. The first kappa shape index (κ1) is 20.5. The Balaban J connectivity index is 1.68. The number of carbonyl (C=O) groups is 3. The molecule has 0 aliphatic heterocycles. The number of nitrogens with one attached hydrogen (secondary N) is 2. The summed E-state index contributed by atoms with van der Waals surface area (Å²) in [6.07, 6.45) is -0.328. The van der Waals surface area contributed by atoms with Gasteiger partial charge >= 0.3 is 11.8 Å². The molecule has 0 saturated carbocycles. The van der Waals surface area contributed by atoms with Gasteiger partial charge < -0.3 is 20.6 Å². The Morgan fingerprint density at radius 3 is 2.38 bits per heavy atom. The van der Waals surface area contributed by atoms with E-state index in [0.29, 0.717) is 25.2 Å². The molecule has 0 radical (unpaired) electrons. The van der Waals surface area contributed by atoms with Gasteiger partial charge in [-0.1, -0.05) is 42.5 Å². The van der Waals surface area contributed by atoms with E-state index in [9.17, 15) is 19.5 Å². The first-order valence-corrected chi connectivity index (χ1v) is 9.62. The molecule has 0 spiro atoms. The minimum atomic E-state index is -0.790. The zero-order valence-corrected chi connectivity index (χ0v) is 16.5. The molecule has 152 valence electrons. The average Bonchev–Trinajstić information content (AvgIpc) is 3.02. The SMILES string of the molecule is CCN(Cc1ccccc1NC(=O)C(=O)NC1CC(O)c2ccccc21)C(C)=O. The van der Waals surface area contributed by atoms with Crippen LogP contribution in [0.25, 0.3) is 0 Å². The Morgan fingerprint density at radius 2 is 1.69 bits per heavy atom. The summed E-state index contributed by atoms with van der Waals surface area (Å²) in [6, 6.07) is 14.0. The number of aliphatic hydroxyl groups is 1. The number of aliphatic hydroxyl groups excluding tert-OH is 1. The van der Waals surface area contributed by atoms with Crippen molar-refractivity contribution in [3.63, 3.8) is 0 Å². The molecule has 0 heterocycles. The fourth-order valence-electron chi connectivity index (χ4n) is 3.58. The maximum atomic E-state index is 12.5. The van der Waals surface area contributed by atoms with Crippen LogP contribution in [0.4, 0.5) is 5.69 Å². The van der Waals surface area contributed by atoms with Crippen LogP contribution in [0.3, 0.4) is 0 Å². The van der Waals surface area contributed by atoms with Gasteiger partial charge in [0.2, 0.25) is 5.91 Å². The second kappa shape index (κ2) is 8.87. The van der Waals surface area contributed by atoms with Gasteiger partial charge in [0.15, 0.2) is 0 Å². The number of amides is 3. The molecule has 1 aliphatic carbocycles. The van der Waals surface area contributed by atoms with Crippen LogP contribution in [-0.2, 0) is 20.9 Å². The summed E-state index contributed by atoms with van der Waals surface area (Å²) in [4.78, 5) is 38.3. The third kappa shape index (κ3) is 4.63. The van der Waals surface area contributed by atoms with Crippen LogP contribution in [0.1, 0.15) is 49.1 Å². The van der Waals surface area contributed by atoms with Gasteiger partial charge in [-0.15, -0.1) is 0 Å². The largest absolute Gasteiger partial charge is 0.388 e. The predicted octanol–water partition coefficient (Wildman–Crippen LogP) is 2.29. The van der Waals surface area contributed by atoms with Crippen LogP contribution < -0.4 is 10.6 Å². The zero-order chi connectivity index (χ0) is 21.0. The molecule has 3 N–H and O–H groups in total. The van der Waals surface area contributed by atoms with E-state index in [-0.39, 0.29) is 5.91 Å². The highest BCUT2D eigenvalue weighted by atomic mass is 16.3. The molecule has 0 aromatic heterocycles. The van der Waals surface area contributed by atoms with Crippen molar-refractivity contribution < 1.29 is 19.5 Å². The zero-order valence-electron chi connectivity index (χ0n) is 16.5. The van der Waals surface area contributed by atoms with Crippen LogP contribution in [0.15, 0.2) is 48.5 Å². The van der Waals surface area contributed by atoms with Gasteiger partial charge in [0.1, 0.15) is 0 Å². The molecule has 3 rings (SSSR count). The van der Waals surface area contributed by atoms with E-state index in [1.807, 2.05) is 43.3 Å². The van der Waals surface area contributed by atoms with Crippen LogP contribution in [0.5, 0.6) is 0 Å². The Bertz CT molecular complexity index is 928. The summed E-state index contributed by atoms with van der Waals surface area (Å²) in [5, 5.41) is 15.5. The van der Waals surface area contributed by atoms with Crippen molar-refractivity contribution >= 4 is 23.4 Å². The van der Waals surface area contributed by atoms with Crippen molar-refractivity contribution in [2.24, 2.45) is 0 Å². The molecule has 2 atom stereocenters. The number of benzene rings is 2. The maximum Gasteiger partial charge on any atom is 0.313 e. The molecule has 2 aromatic carbocycles. The quantitative estimate of drug-likeness (QED) is 0.677. The predicted molar refractivity (Wildman–Crippen MR) is 109 cm³/mol. The van der Waals surface area contributed by atoms with Crippen molar-refractivity contribution in [1.82, 2.24) is 10.2 Å². The third-order valence-corrected chi connectivity index (χ3v) is 5.15. The standard InChI is InChI=1S/C22H25N3O4/c1-3-25(14(2)26)13-15-8-4-7-11-18(15)23-21(28)22(29)24-19-12-20(27)17-10-6-5-9-16(17)19/h4-11,19-20,27H,3,12-13H2,1-2H3,(H,23,28)(H,24,29). The Morgan fingerprint density at radius 1 is 1.03 bits per heavy atom. The van der Waals surface area contributed by atoms with E-state index in [0.717, 1.165) is 16.7 Å². The van der Waals surface area contributed by atoms with Gasteiger partial charge in [-0.25, -0.2) is 0 Å². The number of hydrogen-bond acceptors (Lipinski definition) is 4. The minimum absolute atomic E-state index is 0.0650. The molecular weight excluding hydrogens is 370 g/mol. The molecule has 29 heavy (non-hydrogen) atoms. The molecule has 2 aromatic rings. The number of nitrogens with zero attached hydrogens (tertiary/aromatic N) is 1. The van der Waals surface area contributed by atoms with E-state index in [1.54, 1.807) is 17.0 Å². The van der Waals surface area contributed by atoms with Crippen molar-refractivity contribution in [3.05, 3.63) is 65.2 Å². The van der Waals surface area contributed by atoms with Crippen LogP contribution in [-0.4, -0.2) is 34.3 Å². The lowest BCUT2D eigenvalue weighted by Crippen LogP contribution is -2.37. The number of anilines is 1. The molecule has 1 aliphatic rings. The van der Waals surface area contributed by atoms with Crippen LogP contribution in [0, 0.1) is 0 Å². The Hall–Kier alpha value is -3.19. The van der Waals surface area contributed by atoms with Crippen LogP contribution in [0.2, 0.25) is 0 Å². The normalized spacial score (nSPS) is 17.3. The number of hydrogen-bond donors (Lipinski definition) is 3. The molecule has 7 nitrogen and oxygen atoms in total. The van der Waals surface area contributed by atoms with Crippen LogP contribution >= 0.6 is 0 Å². The number of fused-ring (bicyclic) bond motifs is 1. The van der Waals surface area contributed by atoms with Gasteiger partial charge in [-0.05, 0) is 29.7 Å². The van der Waals surface area contributed by atoms with Crippen molar-refractivity contribution in [1.29, 1.82) is 0 Å². The van der Waals surface area contributed by atoms with Crippen molar-refractivity contribution in [2.75, 3.05) is 11.9 Å². The first-order valence-electron chi connectivity index (χ1n) is 9.62.